The molecular weight excluding hydrogens is 348 g/mol. The van der Waals surface area contributed by atoms with Gasteiger partial charge in [0.25, 0.3) is 0 Å². The number of hydrogen-bond acceptors (Lipinski definition) is 0. The second-order valence-corrected chi connectivity index (χ2v) is 10.7. The van der Waals surface area contributed by atoms with E-state index in [1.54, 1.807) is 0 Å². The predicted molar refractivity (Wildman–Crippen MR) is 136 cm³/mol. The van der Waals surface area contributed by atoms with Crippen LogP contribution in [-0.4, -0.2) is 0 Å². The summed E-state index contributed by atoms with van der Waals surface area (Å²) in [4.78, 5) is 0. The monoisotopic (exact) mass is 408 g/mol. The van der Waals surface area contributed by atoms with E-state index in [2.05, 4.69) is 27.7 Å². The van der Waals surface area contributed by atoms with Crippen LogP contribution in [0, 0.1) is 5.41 Å². The fourth-order valence-electron chi connectivity index (χ4n) is 4.66. The summed E-state index contributed by atoms with van der Waals surface area (Å²) < 4.78 is 0. The van der Waals surface area contributed by atoms with Gasteiger partial charge in [-0.05, 0) is 18.3 Å². The van der Waals surface area contributed by atoms with Crippen LogP contribution in [-0.2, 0) is 0 Å². The Morgan fingerprint density at radius 3 is 0.759 bits per heavy atom. The van der Waals surface area contributed by atoms with Crippen molar-refractivity contribution in [3.8, 4) is 0 Å². The highest BCUT2D eigenvalue weighted by Gasteiger charge is 2.16. The van der Waals surface area contributed by atoms with Crippen LogP contribution in [0.25, 0.3) is 0 Å². The molecule has 0 atom stereocenters. The largest absolute Gasteiger partial charge is 0.0654 e. The van der Waals surface area contributed by atoms with E-state index < -0.39 is 0 Å². The third kappa shape index (κ3) is 24.1. The van der Waals surface area contributed by atoms with Crippen molar-refractivity contribution in [1.82, 2.24) is 0 Å². The molecule has 0 rings (SSSR count). The molecule has 0 fully saturated rings. The van der Waals surface area contributed by atoms with Gasteiger partial charge >= 0.3 is 0 Å². The lowest BCUT2D eigenvalue weighted by Crippen LogP contribution is -2.11. The van der Waals surface area contributed by atoms with Crippen LogP contribution < -0.4 is 0 Å². The van der Waals surface area contributed by atoms with Gasteiger partial charge in [0.2, 0.25) is 0 Å². The SMILES string of the molecule is CCCCCCCCCCCCCC(C)(C)CCCCCCCCCCCCC. The van der Waals surface area contributed by atoms with Crippen molar-refractivity contribution in [2.24, 2.45) is 5.41 Å². The van der Waals surface area contributed by atoms with E-state index in [4.69, 9.17) is 0 Å². The molecule has 0 aromatic rings. The van der Waals surface area contributed by atoms with Gasteiger partial charge in [-0.3, -0.25) is 0 Å². The molecule has 0 saturated carbocycles. The fraction of sp³-hybridized carbons (Fsp3) is 1.00. The van der Waals surface area contributed by atoms with E-state index in [0.717, 1.165) is 0 Å². The van der Waals surface area contributed by atoms with Gasteiger partial charge in [-0.2, -0.15) is 0 Å². The molecule has 0 aliphatic carbocycles. The Bertz CT molecular complexity index is 262. The van der Waals surface area contributed by atoms with Crippen LogP contribution in [0.4, 0.5) is 0 Å². The lowest BCUT2D eigenvalue weighted by molar-refractivity contribution is 0.282. The van der Waals surface area contributed by atoms with Crippen molar-refractivity contribution in [3.63, 3.8) is 0 Å². The molecule has 0 heterocycles. The quantitative estimate of drug-likeness (QED) is 0.139. The number of hydrogen-bond donors (Lipinski definition) is 0. The van der Waals surface area contributed by atoms with Crippen LogP contribution in [0.2, 0.25) is 0 Å². The van der Waals surface area contributed by atoms with Gasteiger partial charge < -0.3 is 0 Å². The summed E-state index contributed by atoms with van der Waals surface area (Å²) in [6.45, 7) is 9.64. The first-order valence-electron chi connectivity index (χ1n) is 14.1. The molecule has 0 aliphatic rings. The summed E-state index contributed by atoms with van der Waals surface area (Å²) in [5, 5.41) is 0. The van der Waals surface area contributed by atoms with E-state index in [0.29, 0.717) is 5.41 Å². The Morgan fingerprint density at radius 2 is 0.517 bits per heavy atom. The van der Waals surface area contributed by atoms with Crippen molar-refractivity contribution >= 4 is 0 Å². The Kier molecular flexibility index (Phi) is 22.7. The van der Waals surface area contributed by atoms with Gasteiger partial charge in [0, 0.05) is 0 Å². The van der Waals surface area contributed by atoms with Gasteiger partial charge in [0.05, 0.1) is 0 Å². The summed E-state index contributed by atoms with van der Waals surface area (Å²) in [5.41, 5.74) is 0.582. The Morgan fingerprint density at radius 1 is 0.310 bits per heavy atom. The molecule has 29 heavy (non-hydrogen) atoms. The van der Waals surface area contributed by atoms with Crippen molar-refractivity contribution < 1.29 is 0 Å². The highest BCUT2D eigenvalue weighted by molar-refractivity contribution is 4.69. The maximum Gasteiger partial charge on any atom is -0.0354 e. The van der Waals surface area contributed by atoms with Crippen LogP contribution in [0.5, 0.6) is 0 Å². The minimum atomic E-state index is 0.582. The van der Waals surface area contributed by atoms with Crippen molar-refractivity contribution in [3.05, 3.63) is 0 Å². The molecule has 0 nitrogen and oxygen atoms in total. The lowest BCUT2D eigenvalue weighted by Gasteiger charge is -2.24. The van der Waals surface area contributed by atoms with E-state index in [1.807, 2.05) is 0 Å². The first-order valence-corrected chi connectivity index (χ1v) is 14.1. The highest BCUT2D eigenvalue weighted by atomic mass is 14.2. The van der Waals surface area contributed by atoms with E-state index >= 15 is 0 Å². The standard InChI is InChI=1S/C29H60/c1-5-7-9-11-13-15-17-19-21-23-25-27-29(3,4)28-26-24-22-20-18-16-14-12-10-8-6-2/h5-28H2,1-4H3. The van der Waals surface area contributed by atoms with Gasteiger partial charge in [-0.15, -0.1) is 0 Å². The van der Waals surface area contributed by atoms with Crippen LogP contribution in [0.3, 0.4) is 0 Å². The number of unbranched alkanes of at least 4 members (excludes halogenated alkanes) is 20. The molecular formula is C29H60. The van der Waals surface area contributed by atoms with Crippen LogP contribution in [0.1, 0.15) is 182 Å². The summed E-state index contributed by atoms with van der Waals surface area (Å²) >= 11 is 0. The Balaban J connectivity index is 3.30. The molecule has 176 valence electrons. The summed E-state index contributed by atoms with van der Waals surface area (Å²) in [6, 6.07) is 0. The molecule has 0 heteroatoms. The lowest BCUT2D eigenvalue weighted by atomic mass is 9.82. The van der Waals surface area contributed by atoms with Crippen LogP contribution in [0.15, 0.2) is 0 Å². The van der Waals surface area contributed by atoms with Crippen molar-refractivity contribution in [2.45, 2.75) is 182 Å². The van der Waals surface area contributed by atoms with Gasteiger partial charge in [0.1, 0.15) is 0 Å². The number of rotatable bonds is 24. The predicted octanol–water partition coefficient (Wildman–Crippen LogP) is 11.4. The van der Waals surface area contributed by atoms with Gasteiger partial charge in [0.15, 0.2) is 0 Å². The molecule has 0 aromatic carbocycles. The molecule has 0 aliphatic heterocycles. The average Bonchev–Trinajstić information content (AvgIpc) is 2.70. The minimum Gasteiger partial charge on any atom is -0.0654 e. The van der Waals surface area contributed by atoms with E-state index in [1.165, 1.54) is 154 Å². The second-order valence-electron chi connectivity index (χ2n) is 10.7. The summed E-state index contributed by atoms with van der Waals surface area (Å²) in [6.07, 6.45) is 35.0. The molecule has 0 aromatic heterocycles. The molecule has 0 N–H and O–H groups in total. The zero-order valence-corrected chi connectivity index (χ0v) is 21.5. The molecule has 0 saturated heterocycles. The van der Waals surface area contributed by atoms with Crippen molar-refractivity contribution in [2.75, 3.05) is 0 Å². The zero-order chi connectivity index (χ0) is 21.5. The first-order chi connectivity index (χ1) is 14.1. The Hall–Kier alpha value is 0. The molecule has 0 spiro atoms. The average molecular weight is 409 g/mol. The zero-order valence-electron chi connectivity index (χ0n) is 21.5. The maximum absolute atomic E-state index is 2.51. The normalized spacial score (nSPS) is 12.0. The van der Waals surface area contributed by atoms with Crippen LogP contribution >= 0.6 is 0 Å². The molecule has 0 radical (unpaired) electrons. The summed E-state index contributed by atoms with van der Waals surface area (Å²) in [7, 11) is 0. The highest BCUT2D eigenvalue weighted by Crippen LogP contribution is 2.30. The molecule has 0 amide bonds. The molecule has 0 unspecified atom stereocenters. The summed E-state index contributed by atoms with van der Waals surface area (Å²) in [5.74, 6) is 0. The second kappa shape index (κ2) is 22.7. The third-order valence-electron chi connectivity index (χ3n) is 6.91. The third-order valence-corrected chi connectivity index (χ3v) is 6.91. The smallest absolute Gasteiger partial charge is 0.0354 e. The maximum atomic E-state index is 2.51. The first kappa shape index (κ1) is 29.0. The fourth-order valence-corrected chi connectivity index (χ4v) is 4.66. The molecule has 0 bridgehead atoms. The minimum absolute atomic E-state index is 0.582. The Labute approximate surface area is 187 Å². The topological polar surface area (TPSA) is 0 Å². The van der Waals surface area contributed by atoms with E-state index in [-0.39, 0.29) is 0 Å². The van der Waals surface area contributed by atoms with Gasteiger partial charge in [-0.1, -0.05) is 169 Å². The van der Waals surface area contributed by atoms with Gasteiger partial charge in [-0.25, -0.2) is 0 Å². The van der Waals surface area contributed by atoms with E-state index in [9.17, 15) is 0 Å². The van der Waals surface area contributed by atoms with Crippen molar-refractivity contribution in [1.29, 1.82) is 0 Å².